The van der Waals surface area contributed by atoms with Gasteiger partial charge < -0.3 is 26.8 Å². The van der Waals surface area contributed by atoms with Gasteiger partial charge in [-0.3, -0.25) is 14.4 Å². The molecule has 10 heteroatoms. The lowest BCUT2D eigenvalue weighted by atomic mass is 10.00. The van der Waals surface area contributed by atoms with Gasteiger partial charge in [-0.1, -0.05) is 41.5 Å². The number of carbonyl (C=O) groups is 4. The van der Waals surface area contributed by atoms with Gasteiger partial charge in [-0.25, -0.2) is 4.79 Å². The van der Waals surface area contributed by atoms with Gasteiger partial charge in [0.05, 0.1) is 6.04 Å². The van der Waals surface area contributed by atoms with E-state index in [0.717, 1.165) is 0 Å². The summed E-state index contributed by atoms with van der Waals surface area (Å²) in [6, 6.07) is -3.51. The zero-order valence-electron chi connectivity index (χ0n) is 21.1. The van der Waals surface area contributed by atoms with Gasteiger partial charge in [0.15, 0.2) is 0 Å². The molecule has 3 amide bonds. The first-order valence-electron chi connectivity index (χ1n) is 11.7. The van der Waals surface area contributed by atoms with Crippen molar-refractivity contribution >= 4 is 35.5 Å². The summed E-state index contributed by atoms with van der Waals surface area (Å²) in [5.41, 5.74) is 5.97. The molecule has 33 heavy (non-hydrogen) atoms. The fourth-order valence-corrected chi connectivity index (χ4v) is 3.81. The maximum atomic E-state index is 13.1. The number of carbonyl (C=O) groups excluding carboxylic acids is 3. The minimum atomic E-state index is -1.11. The van der Waals surface area contributed by atoms with Crippen molar-refractivity contribution in [3.8, 4) is 0 Å². The van der Waals surface area contributed by atoms with Crippen molar-refractivity contribution < 1.29 is 24.3 Å². The number of hydrogen-bond acceptors (Lipinski definition) is 6. The number of rotatable bonds is 16. The van der Waals surface area contributed by atoms with Crippen LogP contribution in [0.15, 0.2) is 0 Å². The van der Waals surface area contributed by atoms with E-state index in [1.807, 2.05) is 47.8 Å². The number of aliphatic carboxylic acids is 1. The Morgan fingerprint density at radius 2 is 1.15 bits per heavy atom. The normalized spacial score (nSPS) is 15.1. The SMILES string of the molecule is CSCCC(NC(=O)C(CC(C)C)NC(=O)C(N)CC(C)C)C(=O)NC(CC(C)C)C(=O)O. The van der Waals surface area contributed by atoms with E-state index >= 15 is 0 Å². The van der Waals surface area contributed by atoms with Crippen molar-refractivity contribution in [1.82, 2.24) is 16.0 Å². The van der Waals surface area contributed by atoms with Crippen LogP contribution in [0, 0.1) is 17.8 Å². The molecule has 4 unspecified atom stereocenters. The molecular formula is C23H44N4O5S. The molecule has 0 radical (unpaired) electrons. The second kappa shape index (κ2) is 15.9. The Kier molecular flexibility index (Phi) is 15.1. The molecule has 0 saturated carbocycles. The monoisotopic (exact) mass is 488 g/mol. The number of nitrogens with two attached hydrogens (primary N) is 1. The maximum Gasteiger partial charge on any atom is 0.326 e. The van der Waals surface area contributed by atoms with Crippen LogP contribution in [0.2, 0.25) is 0 Å². The minimum absolute atomic E-state index is 0.0753. The van der Waals surface area contributed by atoms with Crippen LogP contribution in [0.1, 0.15) is 67.2 Å². The Balaban J connectivity index is 5.45. The van der Waals surface area contributed by atoms with Crippen molar-refractivity contribution in [3.63, 3.8) is 0 Å². The summed E-state index contributed by atoms with van der Waals surface area (Å²) >= 11 is 1.52. The van der Waals surface area contributed by atoms with E-state index < -0.39 is 47.9 Å². The molecule has 192 valence electrons. The lowest BCUT2D eigenvalue weighted by Gasteiger charge is -2.26. The van der Waals surface area contributed by atoms with E-state index in [1.165, 1.54) is 11.8 Å². The molecule has 9 nitrogen and oxygen atoms in total. The molecule has 0 aliphatic heterocycles. The summed E-state index contributed by atoms with van der Waals surface area (Å²) in [4.78, 5) is 50.0. The molecule has 0 bridgehead atoms. The highest BCUT2D eigenvalue weighted by molar-refractivity contribution is 7.98. The van der Waals surface area contributed by atoms with Crippen molar-refractivity contribution in [2.24, 2.45) is 23.5 Å². The zero-order valence-corrected chi connectivity index (χ0v) is 22.0. The van der Waals surface area contributed by atoms with Crippen molar-refractivity contribution in [2.75, 3.05) is 12.0 Å². The Morgan fingerprint density at radius 3 is 1.61 bits per heavy atom. The predicted octanol–water partition coefficient (Wildman–Crippen LogP) is 1.74. The molecule has 0 saturated heterocycles. The van der Waals surface area contributed by atoms with Gasteiger partial charge in [-0.2, -0.15) is 11.8 Å². The second-order valence-electron chi connectivity index (χ2n) is 9.80. The highest BCUT2D eigenvalue weighted by Crippen LogP contribution is 2.10. The first-order valence-corrected chi connectivity index (χ1v) is 13.1. The lowest BCUT2D eigenvalue weighted by molar-refractivity contribution is -0.142. The first-order chi connectivity index (χ1) is 15.3. The fraction of sp³-hybridized carbons (Fsp3) is 0.826. The summed E-state index contributed by atoms with van der Waals surface area (Å²) in [7, 11) is 0. The molecule has 4 atom stereocenters. The van der Waals surface area contributed by atoms with Crippen LogP contribution in [0.5, 0.6) is 0 Å². The van der Waals surface area contributed by atoms with E-state index in [0.29, 0.717) is 25.0 Å². The van der Waals surface area contributed by atoms with Crippen LogP contribution in [0.25, 0.3) is 0 Å². The molecule has 6 N–H and O–H groups in total. The molecule has 0 heterocycles. The van der Waals surface area contributed by atoms with Gasteiger partial charge in [0.2, 0.25) is 17.7 Å². The quantitative estimate of drug-likeness (QED) is 0.222. The minimum Gasteiger partial charge on any atom is -0.480 e. The summed E-state index contributed by atoms with van der Waals surface area (Å²) in [6.07, 6.45) is 3.38. The van der Waals surface area contributed by atoms with Crippen molar-refractivity contribution in [1.29, 1.82) is 0 Å². The van der Waals surface area contributed by atoms with E-state index in [-0.39, 0.29) is 24.2 Å². The number of carboxylic acid groups (broad SMARTS) is 1. The molecular weight excluding hydrogens is 444 g/mol. The van der Waals surface area contributed by atoms with Crippen molar-refractivity contribution in [2.45, 2.75) is 91.4 Å². The Hall–Kier alpha value is -1.81. The summed E-state index contributed by atoms with van der Waals surface area (Å²) in [6.45, 7) is 11.5. The van der Waals surface area contributed by atoms with Crippen LogP contribution in [0.4, 0.5) is 0 Å². The lowest BCUT2D eigenvalue weighted by Crippen LogP contribution is -2.57. The summed E-state index contributed by atoms with van der Waals surface area (Å²) in [5.74, 6) is -1.53. The molecule has 0 aromatic heterocycles. The van der Waals surface area contributed by atoms with Gasteiger partial charge in [-0.05, 0) is 55.4 Å². The number of amides is 3. The van der Waals surface area contributed by atoms with Gasteiger partial charge in [0.1, 0.15) is 18.1 Å². The molecule has 0 aliphatic rings. The van der Waals surface area contributed by atoms with E-state index in [9.17, 15) is 24.3 Å². The molecule has 0 spiro atoms. The highest BCUT2D eigenvalue weighted by Gasteiger charge is 2.30. The third-order valence-electron chi connectivity index (χ3n) is 4.97. The smallest absolute Gasteiger partial charge is 0.326 e. The van der Waals surface area contributed by atoms with E-state index in [4.69, 9.17) is 5.73 Å². The van der Waals surface area contributed by atoms with E-state index in [2.05, 4.69) is 16.0 Å². The standard InChI is InChI=1S/C23H44N4O5S/c1-13(2)10-16(24)20(28)26-18(11-14(3)4)22(30)25-17(8-9-33-7)21(29)27-19(23(31)32)12-15(5)6/h13-19H,8-12,24H2,1-7H3,(H,25,30)(H,26,28)(H,27,29)(H,31,32). The largest absolute Gasteiger partial charge is 0.480 e. The molecule has 0 aromatic carbocycles. The molecule has 0 fully saturated rings. The topological polar surface area (TPSA) is 151 Å². The number of thioether (sulfide) groups is 1. The van der Waals surface area contributed by atoms with Crippen LogP contribution in [-0.4, -0.2) is 65.0 Å². The van der Waals surface area contributed by atoms with Gasteiger partial charge >= 0.3 is 5.97 Å². The molecule has 0 rings (SSSR count). The van der Waals surface area contributed by atoms with Gasteiger partial charge in [0.25, 0.3) is 0 Å². The van der Waals surface area contributed by atoms with Crippen LogP contribution in [-0.2, 0) is 19.2 Å². The Morgan fingerprint density at radius 1 is 0.727 bits per heavy atom. The van der Waals surface area contributed by atoms with Crippen molar-refractivity contribution in [3.05, 3.63) is 0 Å². The highest BCUT2D eigenvalue weighted by atomic mass is 32.2. The number of hydrogen-bond donors (Lipinski definition) is 5. The fourth-order valence-electron chi connectivity index (χ4n) is 3.34. The average Bonchev–Trinajstić information content (AvgIpc) is 2.68. The molecule has 0 aliphatic carbocycles. The summed E-state index contributed by atoms with van der Waals surface area (Å²) in [5, 5.41) is 17.5. The van der Waals surface area contributed by atoms with Crippen LogP contribution < -0.4 is 21.7 Å². The number of nitrogens with one attached hydrogen (secondary N) is 3. The second-order valence-corrected chi connectivity index (χ2v) is 10.8. The number of carboxylic acids is 1. The Labute approximate surface area is 202 Å². The first kappa shape index (κ1) is 31.2. The molecule has 0 aromatic rings. The maximum absolute atomic E-state index is 13.1. The van der Waals surface area contributed by atoms with E-state index in [1.54, 1.807) is 0 Å². The predicted molar refractivity (Wildman–Crippen MR) is 133 cm³/mol. The average molecular weight is 489 g/mol. The zero-order chi connectivity index (χ0) is 25.7. The summed E-state index contributed by atoms with van der Waals surface area (Å²) < 4.78 is 0. The van der Waals surface area contributed by atoms with Gasteiger partial charge in [-0.15, -0.1) is 0 Å². The van der Waals surface area contributed by atoms with Crippen LogP contribution in [0.3, 0.4) is 0 Å². The third-order valence-corrected chi connectivity index (χ3v) is 5.61. The Bertz CT molecular complexity index is 642. The van der Waals surface area contributed by atoms with Crippen LogP contribution >= 0.6 is 11.8 Å². The van der Waals surface area contributed by atoms with Gasteiger partial charge in [0, 0.05) is 0 Å². The third kappa shape index (κ3) is 13.5.